The van der Waals surface area contributed by atoms with Crippen LogP contribution in [-0.4, -0.2) is 43.5 Å². The molecular formula is C11H25Cl2N3O. The van der Waals surface area contributed by atoms with E-state index in [1.165, 1.54) is 0 Å². The van der Waals surface area contributed by atoms with Gasteiger partial charge >= 0.3 is 0 Å². The van der Waals surface area contributed by atoms with E-state index in [4.69, 9.17) is 5.73 Å². The second kappa shape index (κ2) is 9.95. The second-order valence-electron chi connectivity index (χ2n) is 4.39. The molecule has 1 saturated carbocycles. The topological polar surface area (TPSA) is 58.4 Å². The molecule has 0 spiro atoms. The van der Waals surface area contributed by atoms with E-state index in [0.717, 1.165) is 38.9 Å². The first-order valence-corrected chi connectivity index (χ1v) is 5.87. The predicted octanol–water partition coefficient (Wildman–Crippen LogP) is 1.03. The van der Waals surface area contributed by atoms with E-state index in [2.05, 4.69) is 17.1 Å². The van der Waals surface area contributed by atoms with Gasteiger partial charge < -0.3 is 16.0 Å². The fourth-order valence-electron chi connectivity index (χ4n) is 1.97. The minimum Gasteiger partial charge on any atom is -0.355 e. The van der Waals surface area contributed by atoms with Crippen LogP contribution in [0.15, 0.2) is 0 Å². The van der Waals surface area contributed by atoms with Gasteiger partial charge in [0.25, 0.3) is 0 Å². The summed E-state index contributed by atoms with van der Waals surface area (Å²) in [4.78, 5) is 13.9. The van der Waals surface area contributed by atoms with E-state index in [1.54, 1.807) is 0 Å². The molecule has 0 bridgehead atoms. The number of hydrogen-bond donors (Lipinski definition) is 2. The lowest BCUT2D eigenvalue weighted by atomic mass is 10.0. The number of hydrogen-bond acceptors (Lipinski definition) is 3. The van der Waals surface area contributed by atoms with Crippen LogP contribution in [0.5, 0.6) is 0 Å². The molecule has 1 amide bonds. The summed E-state index contributed by atoms with van der Waals surface area (Å²) in [5.41, 5.74) is 5.87. The number of nitrogens with zero attached hydrogens (tertiary/aromatic N) is 1. The van der Waals surface area contributed by atoms with Crippen molar-refractivity contribution in [2.45, 2.75) is 32.2 Å². The first kappa shape index (κ1) is 19.3. The van der Waals surface area contributed by atoms with Crippen molar-refractivity contribution in [2.24, 2.45) is 11.7 Å². The Balaban J connectivity index is 0. The Kier molecular flexibility index (Phi) is 11.3. The lowest BCUT2D eigenvalue weighted by Crippen LogP contribution is -2.41. The monoisotopic (exact) mass is 285 g/mol. The minimum absolute atomic E-state index is 0. The van der Waals surface area contributed by atoms with Crippen molar-refractivity contribution in [3.05, 3.63) is 0 Å². The van der Waals surface area contributed by atoms with Crippen LogP contribution in [0.2, 0.25) is 0 Å². The molecule has 1 fully saturated rings. The number of amides is 1. The highest BCUT2D eigenvalue weighted by Gasteiger charge is 2.29. The van der Waals surface area contributed by atoms with Gasteiger partial charge in [-0.05, 0) is 26.4 Å². The van der Waals surface area contributed by atoms with Crippen molar-refractivity contribution in [1.29, 1.82) is 0 Å². The summed E-state index contributed by atoms with van der Waals surface area (Å²) in [6.45, 7) is 4.75. The van der Waals surface area contributed by atoms with Gasteiger partial charge in [-0.15, -0.1) is 24.8 Å². The van der Waals surface area contributed by atoms with Crippen LogP contribution < -0.4 is 11.1 Å². The van der Waals surface area contributed by atoms with Crippen molar-refractivity contribution in [1.82, 2.24) is 10.2 Å². The van der Waals surface area contributed by atoms with E-state index in [1.807, 2.05) is 7.05 Å². The van der Waals surface area contributed by atoms with Gasteiger partial charge in [0.2, 0.25) is 5.91 Å². The number of rotatable bonds is 5. The Morgan fingerprint density at radius 2 is 2.06 bits per heavy atom. The van der Waals surface area contributed by atoms with Gasteiger partial charge in [-0.3, -0.25) is 4.79 Å². The highest BCUT2D eigenvalue weighted by atomic mass is 35.5. The van der Waals surface area contributed by atoms with Crippen LogP contribution in [0.4, 0.5) is 0 Å². The Morgan fingerprint density at radius 1 is 1.41 bits per heavy atom. The fourth-order valence-corrected chi connectivity index (χ4v) is 1.97. The summed E-state index contributed by atoms with van der Waals surface area (Å²) in [6, 6.07) is 0.0777. The third kappa shape index (κ3) is 6.46. The molecule has 1 aliphatic rings. The van der Waals surface area contributed by atoms with Gasteiger partial charge in [-0.2, -0.15) is 0 Å². The molecule has 0 aromatic carbocycles. The van der Waals surface area contributed by atoms with Gasteiger partial charge in [0, 0.05) is 19.1 Å². The SMILES string of the molecule is CCN(C)CCNC(=O)C1CCCC1N.Cl.Cl. The first-order valence-electron chi connectivity index (χ1n) is 5.87. The number of likely N-dealkylation sites (N-methyl/N-ethyl adjacent to an activating group) is 1. The summed E-state index contributed by atoms with van der Waals surface area (Å²) in [6.07, 6.45) is 3.04. The van der Waals surface area contributed by atoms with Crippen molar-refractivity contribution >= 4 is 30.7 Å². The van der Waals surface area contributed by atoms with Crippen molar-refractivity contribution < 1.29 is 4.79 Å². The molecule has 0 aromatic heterocycles. The zero-order chi connectivity index (χ0) is 11.3. The largest absolute Gasteiger partial charge is 0.355 e. The van der Waals surface area contributed by atoms with Crippen LogP contribution in [-0.2, 0) is 4.79 Å². The molecule has 0 aromatic rings. The Morgan fingerprint density at radius 3 is 2.53 bits per heavy atom. The van der Waals surface area contributed by atoms with E-state index >= 15 is 0 Å². The lowest BCUT2D eigenvalue weighted by molar-refractivity contribution is -0.125. The number of carbonyl (C=O) groups is 1. The number of nitrogens with one attached hydrogen (secondary N) is 1. The molecule has 0 saturated heterocycles. The molecule has 0 aliphatic heterocycles. The third-order valence-corrected chi connectivity index (χ3v) is 3.24. The third-order valence-electron chi connectivity index (χ3n) is 3.24. The summed E-state index contributed by atoms with van der Waals surface area (Å²) < 4.78 is 0. The average Bonchev–Trinajstić information content (AvgIpc) is 2.64. The summed E-state index contributed by atoms with van der Waals surface area (Å²) in [5.74, 6) is 0.196. The maximum Gasteiger partial charge on any atom is 0.224 e. The van der Waals surface area contributed by atoms with Gasteiger partial charge in [0.05, 0.1) is 5.92 Å². The predicted molar refractivity (Wildman–Crippen MR) is 76.0 cm³/mol. The standard InChI is InChI=1S/C11H23N3O.2ClH/c1-3-14(2)8-7-13-11(15)9-5-4-6-10(9)12;;/h9-10H,3-8,12H2,1-2H3,(H,13,15);2*1H. The molecule has 6 heteroatoms. The van der Waals surface area contributed by atoms with Crippen LogP contribution in [0.25, 0.3) is 0 Å². The Hall–Kier alpha value is -0.0300. The van der Waals surface area contributed by atoms with Gasteiger partial charge in [0.15, 0.2) is 0 Å². The van der Waals surface area contributed by atoms with Gasteiger partial charge in [-0.25, -0.2) is 0 Å². The maximum absolute atomic E-state index is 11.7. The second-order valence-corrected chi connectivity index (χ2v) is 4.39. The quantitative estimate of drug-likeness (QED) is 0.793. The minimum atomic E-state index is 0. The first-order chi connectivity index (χ1) is 7.15. The highest BCUT2D eigenvalue weighted by molar-refractivity contribution is 5.85. The van der Waals surface area contributed by atoms with Crippen LogP contribution >= 0.6 is 24.8 Å². The van der Waals surface area contributed by atoms with Crippen LogP contribution in [0.3, 0.4) is 0 Å². The van der Waals surface area contributed by atoms with Crippen molar-refractivity contribution in [3.8, 4) is 0 Å². The van der Waals surface area contributed by atoms with Crippen LogP contribution in [0.1, 0.15) is 26.2 Å². The molecule has 2 atom stereocenters. The molecule has 0 heterocycles. The molecular weight excluding hydrogens is 261 g/mol. The molecule has 3 N–H and O–H groups in total. The van der Waals surface area contributed by atoms with E-state index < -0.39 is 0 Å². The molecule has 17 heavy (non-hydrogen) atoms. The zero-order valence-electron chi connectivity index (χ0n) is 10.6. The van der Waals surface area contributed by atoms with Crippen LogP contribution in [0, 0.1) is 5.92 Å². The smallest absolute Gasteiger partial charge is 0.224 e. The van der Waals surface area contributed by atoms with Crippen molar-refractivity contribution in [2.75, 3.05) is 26.7 Å². The van der Waals surface area contributed by atoms with E-state index in [9.17, 15) is 4.79 Å². The molecule has 0 radical (unpaired) electrons. The Labute approximate surface area is 117 Å². The average molecular weight is 286 g/mol. The van der Waals surface area contributed by atoms with Crippen molar-refractivity contribution in [3.63, 3.8) is 0 Å². The lowest BCUT2D eigenvalue weighted by Gasteiger charge is -2.17. The van der Waals surface area contributed by atoms with Gasteiger partial charge in [-0.1, -0.05) is 13.3 Å². The molecule has 104 valence electrons. The Bertz CT molecular complexity index is 217. The molecule has 2 unspecified atom stereocenters. The number of halogens is 2. The molecule has 1 rings (SSSR count). The fraction of sp³-hybridized carbons (Fsp3) is 0.909. The highest BCUT2D eigenvalue weighted by Crippen LogP contribution is 2.23. The summed E-state index contributed by atoms with van der Waals surface area (Å²) >= 11 is 0. The van der Waals surface area contributed by atoms with Gasteiger partial charge in [0.1, 0.15) is 0 Å². The summed E-state index contributed by atoms with van der Waals surface area (Å²) in [7, 11) is 2.05. The maximum atomic E-state index is 11.7. The van der Waals surface area contributed by atoms with E-state index in [-0.39, 0.29) is 42.7 Å². The number of carbonyl (C=O) groups excluding carboxylic acids is 1. The molecule has 4 nitrogen and oxygen atoms in total. The molecule has 1 aliphatic carbocycles. The number of nitrogens with two attached hydrogens (primary N) is 1. The zero-order valence-corrected chi connectivity index (χ0v) is 12.3. The summed E-state index contributed by atoms with van der Waals surface area (Å²) in [5, 5.41) is 2.96. The van der Waals surface area contributed by atoms with E-state index in [0.29, 0.717) is 0 Å². The normalized spacial score (nSPS) is 22.8.